The Morgan fingerprint density at radius 2 is 1.51 bits per heavy atom. The molecule has 0 spiro atoms. The van der Waals surface area contributed by atoms with Crippen LogP contribution in [-0.2, 0) is 17.8 Å². The van der Waals surface area contributed by atoms with Gasteiger partial charge in [-0.25, -0.2) is 0 Å². The van der Waals surface area contributed by atoms with Crippen molar-refractivity contribution in [3.63, 3.8) is 0 Å². The number of hydrogen-bond donors (Lipinski definition) is 2. The van der Waals surface area contributed by atoms with Crippen molar-refractivity contribution < 1.29 is 14.8 Å². The molecule has 1 aliphatic heterocycles. The van der Waals surface area contributed by atoms with Crippen LogP contribution in [0.15, 0.2) is 94.8 Å². The monoisotopic (exact) mass is 534 g/mol. The molecule has 0 fully saturated rings. The zero-order valence-electron chi connectivity index (χ0n) is 22.6. The van der Waals surface area contributed by atoms with E-state index in [4.69, 9.17) is 0 Å². The molecule has 4 aromatic carbocycles. The van der Waals surface area contributed by atoms with Crippen LogP contribution in [0.4, 0.5) is 5.69 Å². The molecule has 6 rings (SSSR count). The van der Waals surface area contributed by atoms with Crippen LogP contribution in [0.1, 0.15) is 22.3 Å². The van der Waals surface area contributed by atoms with Crippen molar-refractivity contribution in [3.8, 4) is 0 Å². The zero-order chi connectivity index (χ0) is 27.5. The molecule has 196 valence electrons. The number of benzene rings is 4. The number of anilines is 1. The summed E-state index contributed by atoms with van der Waals surface area (Å²) in [6.07, 6.45) is 5.96. The predicted octanol–water partition coefficient (Wildman–Crippen LogP) is 6.00. The molecule has 1 unspecified atom stereocenters. The molecule has 4 aromatic rings. The topological polar surface area (TPSA) is 73.1 Å². The van der Waals surface area contributed by atoms with Gasteiger partial charge in [0.25, 0.3) is 0 Å². The van der Waals surface area contributed by atoms with Crippen molar-refractivity contribution in [2.24, 2.45) is 4.99 Å². The molecule has 6 heteroatoms. The summed E-state index contributed by atoms with van der Waals surface area (Å²) < 4.78 is 14.5. The van der Waals surface area contributed by atoms with Gasteiger partial charge in [-0.2, -0.15) is 0 Å². The molecule has 1 aliphatic carbocycles. The van der Waals surface area contributed by atoms with Gasteiger partial charge in [0, 0.05) is 37.4 Å². The Hall–Kier alpha value is -3.76. The molecule has 0 bridgehead atoms. The summed E-state index contributed by atoms with van der Waals surface area (Å²) in [4.78, 5) is 6.39. The number of nitrogens with zero attached hydrogens (tertiary/aromatic N) is 2. The van der Waals surface area contributed by atoms with Gasteiger partial charge in [-0.05, 0) is 92.0 Å². The standard InChI is InChI=1S/C33H31N2O3P/c1-34-21-10-13-26-31(16-21)39(4,38)32-17-22(35(2)3)11-14-27(32)33(26)20-9-12-25-28(15-20)30(19-37)24-8-6-5-7-23(24)29(25)18-36/h5-17,36-37H,18-19H2,1-4H3/b34-21+. The van der Waals surface area contributed by atoms with E-state index in [-0.39, 0.29) is 13.2 Å². The quantitative estimate of drug-likeness (QED) is 0.249. The molecule has 2 N–H and O–H groups in total. The van der Waals surface area contributed by atoms with Crippen LogP contribution in [0.25, 0.3) is 27.1 Å². The van der Waals surface area contributed by atoms with Gasteiger partial charge in [0.15, 0.2) is 0 Å². The number of fused-ring (bicyclic) bond motifs is 4. The molecule has 2 aliphatic rings. The molecule has 5 nitrogen and oxygen atoms in total. The molecule has 0 radical (unpaired) electrons. The molecule has 1 heterocycles. The van der Waals surface area contributed by atoms with E-state index in [0.29, 0.717) is 0 Å². The Morgan fingerprint density at radius 1 is 0.846 bits per heavy atom. The second-order valence-corrected chi connectivity index (χ2v) is 13.2. The Labute approximate surface area is 228 Å². The number of allylic oxidation sites excluding steroid dienone is 5. The van der Waals surface area contributed by atoms with Gasteiger partial charge < -0.3 is 19.7 Å². The highest BCUT2D eigenvalue weighted by Gasteiger charge is 2.37. The van der Waals surface area contributed by atoms with Gasteiger partial charge in [-0.3, -0.25) is 4.99 Å². The third-order valence-corrected chi connectivity index (χ3v) is 10.6. The lowest BCUT2D eigenvalue weighted by molar-refractivity contribution is 0.282. The SMILES string of the molecule is C/N=C1\C=CC2=C(c3ccc4c(CO)c5ccccc5c(CO)c4c3)c3ccc(N(C)C)cc3P(C)(=O)C2=C1. The van der Waals surface area contributed by atoms with E-state index in [1.165, 1.54) is 0 Å². The maximum Gasteiger partial charge on any atom is 0.141 e. The van der Waals surface area contributed by atoms with Crippen molar-refractivity contribution in [1.82, 2.24) is 0 Å². The van der Waals surface area contributed by atoms with E-state index in [9.17, 15) is 14.8 Å². The third-order valence-electron chi connectivity index (χ3n) is 8.05. The van der Waals surface area contributed by atoms with Gasteiger partial charge in [0.2, 0.25) is 0 Å². The van der Waals surface area contributed by atoms with Crippen molar-refractivity contribution in [2.75, 3.05) is 32.7 Å². The lowest BCUT2D eigenvalue weighted by Crippen LogP contribution is -2.22. The van der Waals surface area contributed by atoms with Crippen LogP contribution < -0.4 is 10.2 Å². The zero-order valence-corrected chi connectivity index (χ0v) is 23.5. The first-order valence-electron chi connectivity index (χ1n) is 13.0. The molecule has 0 saturated carbocycles. The minimum Gasteiger partial charge on any atom is -0.392 e. The first-order valence-corrected chi connectivity index (χ1v) is 15.2. The van der Waals surface area contributed by atoms with Gasteiger partial charge in [-0.15, -0.1) is 0 Å². The Bertz CT molecular complexity index is 1860. The predicted molar refractivity (Wildman–Crippen MR) is 164 cm³/mol. The fourth-order valence-corrected chi connectivity index (χ4v) is 8.33. The molecule has 0 aromatic heterocycles. The van der Waals surface area contributed by atoms with Crippen molar-refractivity contribution in [1.29, 1.82) is 0 Å². The molecule has 39 heavy (non-hydrogen) atoms. The van der Waals surface area contributed by atoms with Crippen LogP contribution in [0, 0.1) is 0 Å². The number of aliphatic hydroxyl groups is 2. The summed E-state index contributed by atoms with van der Waals surface area (Å²) in [5.41, 5.74) is 7.34. The molecular formula is C33H31N2O3P. The summed E-state index contributed by atoms with van der Waals surface area (Å²) in [5, 5.41) is 26.2. The lowest BCUT2D eigenvalue weighted by atomic mass is 9.86. The lowest BCUT2D eigenvalue weighted by Gasteiger charge is -2.32. The summed E-state index contributed by atoms with van der Waals surface area (Å²) in [5.74, 6) is 0. The molecule has 0 amide bonds. The number of aliphatic hydroxyl groups excluding tert-OH is 2. The minimum absolute atomic E-state index is 0.0973. The fraction of sp³-hybridized carbons (Fsp3) is 0.182. The number of rotatable bonds is 4. The third kappa shape index (κ3) is 3.84. The normalized spacial score (nSPS) is 19.4. The van der Waals surface area contributed by atoms with Gasteiger partial charge in [0.1, 0.15) is 7.14 Å². The van der Waals surface area contributed by atoms with E-state index >= 15 is 0 Å². The van der Waals surface area contributed by atoms with Crippen molar-refractivity contribution in [3.05, 3.63) is 112 Å². The van der Waals surface area contributed by atoms with Gasteiger partial charge in [0.05, 0.1) is 18.9 Å². The van der Waals surface area contributed by atoms with E-state index in [0.717, 1.165) is 77.0 Å². The fourth-order valence-electron chi connectivity index (χ4n) is 6.02. The minimum atomic E-state index is -2.92. The highest BCUT2D eigenvalue weighted by molar-refractivity contribution is 7.75. The second kappa shape index (κ2) is 9.46. The van der Waals surface area contributed by atoms with Crippen molar-refractivity contribution >= 4 is 51.0 Å². The average Bonchev–Trinajstić information content (AvgIpc) is 2.95. The highest BCUT2D eigenvalue weighted by atomic mass is 31.2. The molecule has 1 atom stereocenters. The Morgan fingerprint density at radius 3 is 2.15 bits per heavy atom. The van der Waals surface area contributed by atoms with Crippen molar-refractivity contribution in [2.45, 2.75) is 13.2 Å². The summed E-state index contributed by atoms with van der Waals surface area (Å²) in [6.45, 7) is 1.64. The van der Waals surface area contributed by atoms with Crippen LogP contribution in [0.2, 0.25) is 0 Å². The van der Waals surface area contributed by atoms with E-state index < -0.39 is 7.14 Å². The summed E-state index contributed by atoms with van der Waals surface area (Å²) in [7, 11) is 2.80. The van der Waals surface area contributed by atoms with Gasteiger partial charge in [-0.1, -0.05) is 48.5 Å². The smallest absolute Gasteiger partial charge is 0.141 e. The van der Waals surface area contributed by atoms with Crippen LogP contribution in [0.5, 0.6) is 0 Å². The van der Waals surface area contributed by atoms with E-state index in [1.807, 2.05) is 80.3 Å². The van der Waals surface area contributed by atoms with Crippen LogP contribution in [-0.4, -0.2) is 43.7 Å². The van der Waals surface area contributed by atoms with Gasteiger partial charge >= 0.3 is 0 Å². The number of aliphatic imine (C=N–C) groups is 1. The van der Waals surface area contributed by atoms with Crippen LogP contribution in [0.3, 0.4) is 0 Å². The maximum atomic E-state index is 14.5. The van der Waals surface area contributed by atoms with E-state index in [2.05, 4.69) is 29.3 Å². The first kappa shape index (κ1) is 25.5. The summed E-state index contributed by atoms with van der Waals surface area (Å²) in [6, 6.07) is 20.3. The van der Waals surface area contributed by atoms with Crippen LogP contribution >= 0.6 is 7.14 Å². The van der Waals surface area contributed by atoms with E-state index in [1.54, 1.807) is 7.05 Å². The Kier molecular flexibility index (Phi) is 6.19. The Balaban J connectivity index is 1.71. The summed E-state index contributed by atoms with van der Waals surface area (Å²) >= 11 is 0. The maximum absolute atomic E-state index is 14.5. The largest absolute Gasteiger partial charge is 0.392 e. The average molecular weight is 535 g/mol. The number of hydrogen-bond acceptors (Lipinski definition) is 5. The highest BCUT2D eigenvalue weighted by Crippen LogP contribution is 2.60. The second-order valence-electron chi connectivity index (χ2n) is 10.4. The molecular weight excluding hydrogens is 503 g/mol. The molecule has 0 saturated heterocycles. The first-order chi connectivity index (χ1) is 18.8.